The second-order valence-electron chi connectivity index (χ2n) is 4.77. The Kier molecular flexibility index (Phi) is 2.32. The molecule has 0 radical (unpaired) electrons. The molecule has 3 aromatic rings. The summed E-state index contributed by atoms with van der Waals surface area (Å²) in [5.74, 6) is 0. The lowest BCUT2D eigenvalue weighted by Crippen LogP contribution is -1.95. The molecule has 2 heterocycles. The van der Waals surface area contributed by atoms with Gasteiger partial charge in [-0.05, 0) is 19.3 Å². The summed E-state index contributed by atoms with van der Waals surface area (Å²) in [4.78, 5) is 18.5. The van der Waals surface area contributed by atoms with Gasteiger partial charge in [-0.25, -0.2) is 4.98 Å². The molecule has 0 amide bonds. The minimum Gasteiger partial charge on any atom is -0.296 e. The van der Waals surface area contributed by atoms with Crippen molar-refractivity contribution in [3.8, 4) is 11.3 Å². The summed E-state index contributed by atoms with van der Waals surface area (Å²) >= 11 is 1.72. The van der Waals surface area contributed by atoms with Crippen molar-refractivity contribution in [1.29, 1.82) is 0 Å². The standard InChI is InChI=1S/C15H12N2OS/c18-9-12-14(10-5-2-1-3-6-10)16-15-17(12)11-7-4-8-13(11)19-15/h1-3,5-6,9H,4,7-8H2. The van der Waals surface area contributed by atoms with Gasteiger partial charge in [0.2, 0.25) is 0 Å². The fraction of sp³-hybridized carbons (Fsp3) is 0.200. The Morgan fingerprint density at radius 2 is 2.05 bits per heavy atom. The fourth-order valence-corrected chi connectivity index (χ4v) is 4.03. The number of aldehydes is 1. The summed E-state index contributed by atoms with van der Waals surface area (Å²) < 4.78 is 2.06. The molecule has 0 saturated heterocycles. The maximum absolute atomic E-state index is 11.5. The summed E-state index contributed by atoms with van der Waals surface area (Å²) in [5.41, 5.74) is 3.79. The number of rotatable bonds is 2. The topological polar surface area (TPSA) is 34.4 Å². The molecule has 0 N–H and O–H groups in total. The number of carbonyl (C=O) groups is 1. The van der Waals surface area contributed by atoms with E-state index in [1.807, 2.05) is 30.3 Å². The highest BCUT2D eigenvalue weighted by molar-refractivity contribution is 7.17. The molecule has 0 saturated carbocycles. The first-order valence-corrected chi connectivity index (χ1v) is 7.23. The Hall–Kier alpha value is -1.94. The molecule has 1 aromatic carbocycles. The molecule has 0 fully saturated rings. The van der Waals surface area contributed by atoms with Crippen LogP contribution >= 0.6 is 11.3 Å². The van der Waals surface area contributed by atoms with E-state index >= 15 is 0 Å². The molecule has 1 aliphatic carbocycles. The van der Waals surface area contributed by atoms with Crippen LogP contribution in [0, 0.1) is 0 Å². The van der Waals surface area contributed by atoms with E-state index in [1.165, 1.54) is 17.0 Å². The first-order chi connectivity index (χ1) is 9.38. The third-order valence-corrected chi connectivity index (χ3v) is 4.81. The van der Waals surface area contributed by atoms with Crippen LogP contribution in [0.2, 0.25) is 0 Å². The number of benzene rings is 1. The molecule has 0 aliphatic heterocycles. The Morgan fingerprint density at radius 1 is 1.21 bits per heavy atom. The third-order valence-electron chi connectivity index (χ3n) is 3.66. The van der Waals surface area contributed by atoms with E-state index in [1.54, 1.807) is 11.3 Å². The highest BCUT2D eigenvalue weighted by Gasteiger charge is 2.23. The van der Waals surface area contributed by atoms with Crippen molar-refractivity contribution < 1.29 is 4.79 Å². The number of aryl methyl sites for hydroxylation is 2. The maximum atomic E-state index is 11.5. The van der Waals surface area contributed by atoms with Gasteiger partial charge in [-0.15, -0.1) is 11.3 Å². The highest BCUT2D eigenvalue weighted by Crippen LogP contribution is 2.34. The lowest BCUT2D eigenvalue weighted by Gasteiger charge is -1.99. The highest BCUT2D eigenvalue weighted by atomic mass is 32.1. The van der Waals surface area contributed by atoms with Gasteiger partial charge in [0.25, 0.3) is 0 Å². The second kappa shape index (κ2) is 4.03. The van der Waals surface area contributed by atoms with Gasteiger partial charge in [-0.3, -0.25) is 9.20 Å². The molecular formula is C15H12N2OS. The molecule has 19 heavy (non-hydrogen) atoms. The molecule has 0 unspecified atom stereocenters. The number of thiazole rings is 1. The zero-order valence-electron chi connectivity index (χ0n) is 10.3. The molecule has 0 atom stereocenters. The average molecular weight is 268 g/mol. The Balaban J connectivity index is 2.03. The number of hydrogen-bond donors (Lipinski definition) is 0. The molecule has 0 spiro atoms. The van der Waals surface area contributed by atoms with Gasteiger partial charge in [0.05, 0.1) is 0 Å². The smallest absolute Gasteiger partial charge is 0.195 e. The lowest BCUT2D eigenvalue weighted by molar-refractivity contribution is 0.111. The maximum Gasteiger partial charge on any atom is 0.195 e. The van der Waals surface area contributed by atoms with Crippen molar-refractivity contribution in [2.45, 2.75) is 19.3 Å². The van der Waals surface area contributed by atoms with Crippen LogP contribution in [0.15, 0.2) is 30.3 Å². The van der Waals surface area contributed by atoms with E-state index in [4.69, 9.17) is 0 Å². The predicted octanol–water partition coefficient (Wildman–Crippen LogP) is 3.36. The van der Waals surface area contributed by atoms with Crippen LogP contribution in [-0.4, -0.2) is 15.7 Å². The van der Waals surface area contributed by atoms with E-state index in [2.05, 4.69) is 9.38 Å². The van der Waals surface area contributed by atoms with Crippen LogP contribution < -0.4 is 0 Å². The van der Waals surface area contributed by atoms with Gasteiger partial charge in [-0.2, -0.15) is 0 Å². The number of aromatic nitrogens is 2. The quantitative estimate of drug-likeness (QED) is 0.668. The number of nitrogens with zero attached hydrogens (tertiary/aromatic N) is 2. The Morgan fingerprint density at radius 3 is 2.84 bits per heavy atom. The first kappa shape index (κ1) is 10.9. The molecular weight excluding hydrogens is 256 g/mol. The van der Waals surface area contributed by atoms with Gasteiger partial charge >= 0.3 is 0 Å². The van der Waals surface area contributed by atoms with E-state index in [0.29, 0.717) is 5.69 Å². The summed E-state index contributed by atoms with van der Waals surface area (Å²) in [6.07, 6.45) is 4.31. The van der Waals surface area contributed by atoms with Crippen LogP contribution in [0.5, 0.6) is 0 Å². The number of hydrogen-bond acceptors (Lipinski definition) is 3. The molecule has 2 aromatic heterocycles. The Labute approximate surface area is 114 Å². The minimum absolute atomic E-state index is 0.695. The summed E-state index contributed by atoms with van der Waals surface area (Å²) in [6.45, 7) is 0. The molecule has 3 nitrogen and oxygen atoms in total. The van der Waals surface area contributed by atoms with Crippen LogP contribution in [0.4, 0.5) is 0 Å². The van der Waals surface area contributed by atoms with Gasteiger partial charge in [0.1, 0.15) is 11.4 Å². The Bertz CT molecular complexity index is 770. The van der Waals surface area contributed by atoms with Crippen molar-refractivity contribution in [3.05, 3.63) is 46.6 Å². The van der Waals surface area contributed by atoms with Gasteiger partial charge in [0, 0.05) is 16.1 Å². The molecule has 4 rings (SSSR count). The van der Waals surface area contributed by atoms with Crippen molar-refractivity contribution in [1.82, 2.24) is 9.38 Å². The molecule has 1 aliphatic rings. The minimum atomic E-state index is 0.695. The van der Waals surface area contributed by atoms with Crippen molar-refractivity contribution in [3.63, 3.8) is 0 Å². The van der Waals surface area contributed by atoms with Crippen LogP contribution in [0.1, 0.15) is 27.5 Å². The summed E-state index contributed by atoms with van der Waals surface area (Å²) in [5, 5.41) is 0. The average Bonchev–Trinajstić information content (AvgIpc) is 3.09. The molecule has 0 bridgehead atoms. The van der Waals surface area contributed by atoms with Gasteiger partial charge in [-0.1, -0.05) is 30.3 Å². The SMILES string of the molecule is O=Cc1c(-c2ccccc2)nc2sc3c(n12)CCC3. The van der Waals surface area contributed by atoms with Crippen LogP contribution in [0.3, 0.4) is 0 Å². The van der Waals surface area contributed by atoms with E-state index in [-0.39, 0.29) is 0 Å². The number of fused-ring (bicyclic) bond motifs is 3. The van der Waals surface area contributed by atoms with E-state index < -0.39 is 0 Å². The van der Waals surface area contributed by atoms with Crippen molar-refractivity contribution in [2.75, 3.05) is 0 Å². The van der Waals surface area contributed by atoms with E-state index in [0.717, 1.165) is 35.3 Å². The number of imidazole rings is 1. The zero-order chi connectivity index (χ0) is 12.8. The van der Waals surface area contributed by atoms with Gasteiger partial charge < -0.3 is 0 Å². The lowest BCUT2D eigenvalue weighted by atomic mass is 10.1. The van der Waals surface area contributed by atoms with Crippen LogP contribution in [-0.2, 0) is 12.8 Å². The van der Waals surface area contributed by atoms with Crippen molar-refractivity contribution in [2.24, 2.45) is 0 Å². The largest absolute Gasteiger partial charge is 0.296 e. The predicted molar refractivity (Wildman–Crippen MR) is 75.9 cm³/mol. The monoisotopic (exact) mass is 268 g/mol. The fourth-order valence-electron chi connectivity index (χ4n) is 2.81. The second-order valence-corrected chi connectivity index (χ2v) is 5.84. The van der Waals surface area contributed by atoms with Crippen molar-refractivity contribution >= 4 is 22.6 Å². The third kappa shape index (κ3) is 1.50. The molecule has 4 heteroatoms. The van der Waals surface area contributed by atoms with Gasteiger partial charge in [0.15, 0.2) is 11.2 Å². The normalized spacial score (nSPS) is 13.9. The summed E-state index contributed by atoms with van der Waals surface area (Å²) in [7, 11) is 0. The zero-order valence-corrected chi connectivity index (χ0v) is 11.1. The van der Waals surface area contributed by atoms with E-state index in [9.17, 15) is 4.79 Å². The first-order valence-electron chi connectivity index (χ1n) is 6.42. The number of carbonyl (C=O) groups excluding carboxylic acids is 1. The summed E-state index contributed by atoms with van der Waals surface area (Å²) in [6, 6.07) is 9.92. The van der Waals surface area contributed by atoms with Crippen LogP contribution in [0.25, 0.3) is 16.2 Å². The molecule has 94 valence electrons.